The molecule has 0 amide bonds. The van der Waals surface area contributed by atoms with Crippen molar-refractivity contribution < 1.29 is 19.0 Å². The molecule has 116 valence electrons. The van der Waals surface area contributed by atoms with Crippen LogP contribution in [0.1, 0.15) is 48.0 Å². The zero-order valence-electron chi connectivity index (χ0n) is 12.9. The normalized spacial score (nSPS) is 17.1. The fourth-order valence-electron chi connectivity index (χ4n) is 3.02. The number of ether oxygens (including phenoxy) is 3. The zero-order chi connectivity index (χ0) is 15.5. The van der Waals surface area contributed by atoms with E-state index in [9.17, 15) is 4.79 Å². The van der Waals surface area contributed by atoms with Gasteiger partial charge in [0.1, 0.15) is 0 Å². The topological polar surface area (TPSA) is 70.8 Å². The Bertz CT molecular complexity index is 521. The molecule has 0 saturated heterocycles. The fourth-order valence-corrected chi connectivity index (χ4v) is 3.02. The van der Waals surface area contributed by atoms with E-state index < -0.39 is 11.5 Å². The zero-order valence-corrected chi connectivity index (χ0v) is 12.9. The van der Waals surface area contributed by atoms with Gasteiger partial charge in [0.25, 0.3) is 0 Å². The lowest BCUT2D eigenvalue weighted by Gasteiger charge is -2.35. The molecular weight excluding hydrogens is 270 g/mol. The van der Waals surface area contributed by atoms with Gasteiger partial charge in [-0.3, -0.25) is 0 Å². The number of hydrogen-bond donors (Lipinski definition) is 1. The first-order valence-electron chi connectivity index (χ1n) is 7.19. The van der Waals surface area contributed by atoms with Gasteiger partial charge in [-0.15, -0.1) is 0 Å². The summed E-state index contributed by atoms with van der Waals surface area (Å²) in [4.78, 5) is 11.9. The first kappa shape index (κ1) is 15.6. The predicted octanol–water partition coefficient (Wildman–Crippen LogP) is 2.61. The largest absolute Gasteiger partial charge is 0.493 e. The Hall–Kier alpha value is -1.75. The van der Waals surface area contributed by atoms with Crippen LogP contribution in [0.4, 0.5) is 0 Å². The Balaban J connectivity index is 2.58. The maximum Gasteiger partial charge on any atom is 0.337 e. The van der Waals surface area contributed by atoms with Crippen LogP contribution in [-0.2, 0) is 10.3 Å². The molecule has 0 radical (unpaired) electrons. The van der Waals surface area contributed by atoms with Crippen molar-refractivity contribution in [3.05, 3.63) is 23.3 Å². The van der Waals surface area contributed by atoms with Crippen molar-refractivity contribution in [1.82, 2.24) is 0 Å². The van der Waals surface area contributed by atoms with Gasteiger partial charge in [0.15, 0.2) is 11.5 Å². The summed E-state index contributed by atoms with van der Waals surface area (Å²) in [7, 11) is 4.50. The van der Waals surface area contributed by atoms with Crippen LogP contribution in [-0.4, -0.2) is 27.3 Å². The number of carbonyl (C=O) groups excluding carboxylic acids is 1. The number of esters is 1. The molecule has 1 aliphatic rings. The van der Waals surface area contributed by atoms with Crippen molar-refractivity contribution in [2.45, 2.75) is 37.6 Å². The quantitative estimate of drug-likeness (QED) is 0.864. The highest BCUT2D eigenvalue weighted by Crippen LogP contribution is 2.44. The molecule has 0 heterocycles. The third-order valence-corrected chi connectivity index (χ3v) is 4.18. The Morgan fingerprint density at radius 3 is 2.29 bits per heavy atom. The predicted molar refractivity (Wildman–Crippen MR) is 79.8 cm³/mol. The van der Waals surface area contributed by atoms with Crippen LogP contribution < -0.4 is 15.2 Å². The van der Waals surface area contributed by atoms with Crippen molar-refractivity contribution in [2.75, 3.05) is 21.3 Å². The van der Waals surface area contributed by atoms with E-state index in [1.54, 1.807) is 26.4 Å². The third kappa shape index (κ3) is 2.97. The van der Waals surface area contributed by atoms with Crippen molar-refractivity contribution >= 4 is 5.97 Å². The highest BCUT2D eigenvalue weighted by molar-refractivity contribution is 5.90. The molecule has 1 aromatic carbocycles. The van der Waals surface area contributed by atoms with E-state index in [2.05, 4.69) is 0 Å². The lowest BCUT2D eigenvalue weighted by Crippen LogP contribution is -2.39. The molecule has 1 aromatic rings. The van der Waals surface area contributed by atoms with Gasteiger partial charge in [0, 0.05) is 11.1 Å². The van der Waals surface area contributed by atoms with Crippen LogP contribution in [0.2, 0.25) is 0 Å². The number of methoxy groups -OCH3 is 3. The summed E-state index contributed by atoms with van der Waals surface area (Å²) >= 11 is 0. The van der Waals surface area contributed by atoms with Crippen molar-refractivity contribution in [2.24, 2.45) is 5.73 Å². The van der Waals surface area contributed by atoms with Gasteiger partial charge in [0.2, 0.25) is 0 Å². The summed E-state index contributed by atoms with van der Waals surface area (Å²) in [6, 6.07) is 3.40. The Morgan fingerprint density at radius 2 is 1.76 bits per heavy atom. The molecular formula is C16H23NO4. The Morgan fingerprint density at radius 1 is 1.10 bits per heavy atom. The number of carbonyl (C=O) groups is 1. The molecule has 0 aliphatic heterocycles. The molecule has 2 N–H and O–H groups in total. The smallest absolute Gasteiger partial charge is 0.337 e. The van der Waals surface area contributed by atoms with E-state index in [1.807, 2.05) is 0 Å². The maximum atomic E-state index is 11.9. The minimum atomic E-state index is -0.485. The van der Waals surface area contributed by atoms with Crippen molar-refractivity contribution in [1.29, 1.82) is 0 Å². The first-order chi connectivity index (χ1) is 10.1. The van der Waals surface area contributed by atoms with Crippen LogP contribution in [0.25, 0.3) is 0 Å². The lowest BCUT2D eigenvalue weighted by molar-refractivity contribution is 0.0600. The average Bonchev–Trinajstić information content (AvgIpc) is 2.53. The van der Waals surface area contributed by atoms with E-state index in [0.717, 1.165) is 31.2 Å². The Kier molecular flexibility index (Phi) is 4.73. The van der Waals surface area contributed by atoms with E-state index in [-0.39, 0.29) is 0 Å². The SMILES string of the molecule is COC(=O)c1cc(OC)c(OC)c(C2(N)CCCCC2)c1. The monoisotopic (exact) mass is 293 g/mol. The number of benzene rings is 1. The number of rotatable bonds is 4. The van der Waals surface area contributed by atoms with Crippen LogP contribution in [0.5, 0.6) is 11.5 Å². The molecule has 5 heteroatoms. The van der Waals surface area contributed by atoms with Gasteiger partial charge in [-0.25, -0.2) is 4.79 Å². The second-order valence-corrected chi connectivity index (χ2v) is 5.47. The van der Waals surface area contributed by atoms with Gasteiger partial charge in [-0.2, -0.15) is 0 Å². The van der Waals surface area contributed by atoms with Crippen LogP contribution in [0, 0.1) is 0 Å². The summed E-state index contributed by atoms with van der Waals surface area (Å²) in [6.45, 7) is 0. The summed E-state index contributed by atoms with van der Waals surface area (Å²) in [5, 5.41) is 0. The molecule has 0 unspecified atom stereocenters. The van der Waals surface area contributed by atoms with Crippen molar-refractivity contribution in [3.63, 3.8) is 0 Å². The summed E-state index contributed by atoms with van der Waals surface area (Å²) < 4.78 is 15.7. The molecule has 0 spiro atoms. The van der Waals surface area contributed by atoms with Crippen LogP contribution in [0.15, 0.2) is 12.1 Å². The summed E-state index contributed by atoms with van der Waals surface area (Å²) in [5.74, 6) is 0.706. The van der Waals surface area contributed by atoms with E-state index in [1.165, 1.54) is 13.5 Å². The first-order valence-corrected chi connectivity index (χ1v) is 7.19. The van der Waals surface area contributed by atoms with Crippen LogP contribution >= 0.6 is 0 Å². The fraction of sp³-hybridized carbons (Fsp3) is 0.562. The van der Waals surface area contributed by atoms with E-state index in [0.29, 0.717) is 17.1 Å². The van der Waals surface area contributed by atoms with Crippen molar-refractivity contribution in [3.8, 4) is 11.5 Å². The molecule has 1 fully saturated rings. The standard InChI is InChI=1S/C16H23NO4/c1-19-13-10-11(15(18)21-3)9-12(14(13)20-2)16(17)7-5-4-6-8-16/h9-10H,4-8,17H2,1-3H3. The number of nitrogens with two attached hydrogens (primary N) is 1. The molecule has 5 nitrogen and oxygen atoms in total. The molecule has 0 atom stereocenters. The Labute approximate surface area is 125 Å². The molecule has 2 rings (SSSR count). The van der Waals surface area contributed by atoms with Gasteiger partial charge >= 0.3 is 5.97 Å². The molecule has 21 heavy (non-hydrogen) atoms. The maximum absolute atomic E-state index is 11.9. The van der Waals surface area contributed by atoms with E-state index >= 15 is 0 Å². The highest BCUT2D eigenvalue weighted by atomic mass is 16.5. The molecule has 0 aromatic heterocycles. The highest BCUT2D eigenvalue weighted by Gasteiger charge is 2.34. The minimum Gasteiger partial charge on any atom is -0.493 e. The van der Waals surface area contributed by atoms with Gasteiger partial charge in [0.05, 0.1) is 26.9 Å². The second-order valence-electron chi connectivity index (χ2n) is 5.47. The van der Waals surface area contributed by atoms with Gasteiger partial charge in [-0.05, 0) is 25.0 Å². The number of hydrogen-bond acceptors (Lipinski definition) is 5. The molecule has 1 saturated carbocycles. The summed E-state index contributed by atoms with van der Waals surface area (Å²) in [6.07, 6.45) is 5.08. The summed E-state index contributed by atoms with van der Waals surface area (Å²) in [5.41, 5.74) is 7.37. The van der Waals surface area contributed by atoms with E-state index in [4.69, 9.17) is 19.9 Å². The van der Waals surface area contributed by atoms with Gasteiger partial charge < -0.3 is 19.9 Å². The molecule has 1 aliphatic carbocycles. The van der Waals surface area contributed by atoms with Gasteiger partial charge in [-0.1, -0.05) is 19.3 Å². The third-order valence-electron chi connectivity index (χ3n) is 4.18. The molecule has 0 bridgehead atoms. The minimum absolute atomic E-state index is 0.406. The lowest BCUT2D eigenvalue weighted by atomic mass is 9.76. The average molecular weight is 293 g/mol. The van der Waals surface area contributed by atoms with Crippen LogP contribution in [0.3, 0.4) is 0 Å². The second kappa shape index (κ2) is 6.35.